The summed E-state index contributed by atoms with van der Waals surface area (Å²) in [5, 5.41) is 0. The summed E-state index contributed by atoms with van der Waals surface area (Å²) < 4.78 is 5.10. The zero-order valence-corrected chi connectivity index (χ0v) is 11.6. The maximum absolute atomic E-state index is 6.46. The molecule has 100 valence electrons. The molecule has 1 aliphatic rings. The van der Waals surface area contributed by atoms with Crippen molar-refractivity contribution in [1.82, 2.24) is 0 Å². The SMILES string of the molecule is COCCc1ccc(C(N)C2(C)CCCC2)cc1. The molecule has 0 radical (unpaired) electrons. The molecule has 2 N–H and O–H groups in total. The Hall–Kier alpha value is -0.860. The molecular formula is C16H25NO. The number of nitrogens with two attached hydrogens (primary N) is 1. The van der Waals surface area contributed by atoms with Gasteiger partial charge in [-0.05, 0) is 35.8 Å². The van der Waals surface area contributed by atoms with E-state index < -0.39 is 0 Å². The van der Waals surface area contributed by atoms with Gasteiger partial charge in [0.2, 0.25) is 0 Å². The van der Waals surface area contributed by atoms with Gasteiger partial charge >= 0.3 is 0 Å². The number of ether oxygens (including phenoxy) is 1. The van der Waals surface area contributed by atoms with Gasteiger partial charge in [-0.15, -0.1) is 0 Å². The summed E-state index contributed by atoms with van der Waals surface area (Å²) in [5.41, 5.74) is 9.36. The Morgan fingerprint density at radius 1 is 1.22 bits per heavy atom. The van der Waals surface area contributed by atoms with Gasteiger partial charge in [-0.3, -0.25) is 0 Å². The Balaban J connectivity index is 2.04. The summed E-state index contributed by atoms with van der Waals surface area (Å²) in [6.45, 7) is 3.12. The van der Waals surface area contributed by atoms with Crippen LogP contribution < -0.4 is 5.73 Å². The molecule has 0 saturated heterocycles. The first-order valence-corrected chi connectivity index (χ1v) is 6.99. The van der Waals surface area contributed by atoms with E-state index in [-0.39, 0.29) is 6.04 Å². The highest BCUT2D eigenvalue weighted by atomic mass is 16.5. The lowest BCUT2D eigenvalue weighted by molar-refractivity contribution is 0.202. The second-order valence-electron chi connectivity index (χ2n) is 5.82. The van der Waals surface area contributed by atoms with E-state index in [1.54, 1.807) is 7.11 Å². The lowest BCUT2D eigenvalue weighted by Crippen LogP contribution is -2.29. The number of hydrogen-bond donors (Lipinski definition) is 1. The van der Waals surface area contributed by atoms with Gasteiger partial charge in [0.25, 0.3) is 0 Å². The Labute approximate surface area is 111 Å². The van der Waals surface area contributed by atoms with Gasteiger partial charge in [-0.2, -0.15) is 0 Å². The second kappa shape index (κ2) is 5.85. The number of benzene rings is 1. The molecule has 2 heteroatoms. The maximum Gasteiger partial charge on any atom is 0.0502 e. The Bertz CT molecular complexity index is 365. The first-order chi connectivity index (χ1) is 8.65. The smallest absolute Gasteiger partial charge is 0.0502 e. The van der Waals surface area contributed by atoms with E-state index in [9.17, 15) is 0 Å². The summed E-state index contributed by atoms with van der Waals surface area (Å²) >= 11 is 0. The molecule has 18 heavy (non-hydrogen) atoms. The van der Waals surface area contributed by atoms with Crippen LogP contribution in [0.25, 0.3) is 0 Å². The molecule has 1 aliphatic carbocycles. The van der Waals surface area contributed by atoms with Crippen LogP contribution in [0.1, 0.15) is 49.8 Å². The fraction of sp³-hybridized carbons (Fsp3) is 0.625. The average molecular weight is 247 g/mol. The fourth-order valence-electron chi connectivity index (χ4n) is 3.01. The first kappa shape index (κ1) is 13.6. The highest BCUT2D eigenvalue weighted by molar-refractivity contribution is 5.26. The van der Waals surface area contributed by atoms with Crippen LogP contribution in [0, 0.1) is 5.41 Å². The van der Waals surface area contributed by atoms with Crippen molar-refractivity contribution in [3.63, 3.8) is 0 Å². The topological polar surface area (TPSA) is 35.2 Å². The monoisotopic (exact) mass is 247 g/mol. The normalized spacial score (nSPS) is 19.9. The number of methoxy groups -OCH3 is 1. The second-order valence-corrected chi connectivity index (χ2v) is 5.82. The third kappa shape index (κ3) is 2.93. The predicted molar refractivity (Wildman–Crippen MR) is 75.5 cm³/mol. The Morgan fingerprint density at radius 2 is 1.83 bits per heavy atom. The minimum absolute atomic E-state index is 0.177. The van der Waals surface area contributed by atoms with Crippen LogP contribution in [0.15, 0.2) is 24.3 Å². The van der Waals surface area contributed by atoms with Crippen LogP contribution in [0.3, 0.4) is 0 Å². The van der Waals surface area contributed by atoms with Crippen LogP contribution in [-0.2, 0) is 11.2 Å². The summed E-state index contributed by atoms with van der Waals surface area (Å²) in [7, 11) is 1.74. The molecular weight excluding hydrogens is 222 g/mol. The molecule has 1 aromatic rings. The van der Waals surface area contributed by atoms with Crippen molar-refractivity contribution in [3.05, 3.63) is 35.4 Å². The van der Waals surface area contributed by atoms with Crippen molar-refractivity contribution in [3.8, 4) is 0 Å². The van der Waals surface area contributed by atoms with Gasteiger partial charge in [0.05, 0.1) is 6.61 Å². The Kier molecular flexibility index (Phi) is 4.41. The van der Waals surface area contributed by atoms with Crippen molar-refractivity contribution in [1.29, 1.82) is 0 Å². The van der Waals surface area contributed by atoms with Gasteiger partial charge < -0.3 is 10.5 Å². The largest absolute Gasteiger partial charge is 0.384 e. The number of hydrogen-bond acceptors (Lipinski definition) is 2. The molecule has 0 aliphatic heterocycles. The quantitative estimate of drug-likeness (QED) is 0.865. The van der Waals surface area contributed by atoms with Gasteiger partial charge in [0, 0.05) is 13.2 Å². The molecule has 0 amide bonds. The zero-order valence-electron chi connectivity index (χ0n) is 11.6. The van der Waals surface area contributed by atoms with Crippen molar-refractivity contribution in [2.45, 2.75) is 45.1 Å². The van der Waals surface area contributed by atoms with Gasteiger partial charge in [0.15, 0.2) is 0 Å². The average Bonchev–Trinajstić information content (AvgIpc) is 2.84. The van der Waals surface area contributed by atoms with Crippen LogP contribution >= 0.6 is 0 Å². The Morgan fingerprint density at radius 3 is 2.39 bits per heavy atom. The number of rotatable bonds is 5. The van der Waals surface area contributed by atoms with Crippen LogP contribution in [0.5, 0.6) is 0 Å². The van der Waals surface area contributed by atoms with Crippen molar-refractivity contribution in [2.75, 3.05) is 13.7 Å². The van der Waals surface area contributed by atoms with Crippen molar-refractivity contribution >= 4 is 0 Å². The molecule has 0 bridgehead atoms. The van der Waals surface area contributed by atoms with Crippen LogP contribution in [-0.4, -0.2) is 13.7 Å². The van der Waals surface area contributed by atoms with Crippen LogP contribution in [0.2, 0.25) is 0 Å². The summed E-state index contributed by atoms with van der Waals surface area (Å²) in [5.74, 6) is 0. The molecule has 0 aromatic heterocycles. The molecule has 1 fully saturated rings. The van der Waals surface area contributed by atoms with E-state index in [1.807, 2.05) is 0 Å². The molecule has 1 aromatic carbocycles. The zero-order chi connectivity index (χ0) is 13.0. The lowest BCUT2D eigenvalue weighted by Gasteiger charge is -2.31. The van der Waals surface area contributed by atoms with Gasteiger partial charge in [-0.25, -0.2) is 0 Å². The third-order valence-electron chi connectivity index (χ3n) is 4.43. The van der Waals surface area contributed by atoms with Gasteiger partial charge in [-0.1, -0.05) is 44.0 Å². The van der Waals surface area contributed by atoms with E-state index in [4.69, 9.17) is 10.5 Å². The minimum atomic E-state index is 0.177. The van der Waals surface area contributed by atoms with Crippen LogP contribution in [0.4, 0.5) is 0 Å². The highest BCUT2D eigenvalue weighted by Crippen LogP contribution is 2.45. The molecule has 1 atom stereocenters. The highest BCUT2D eigenvalue weighted by Gasteiger charge is 2.35. The molecule has 1 unspecified atom stereocenters. The molecule has 0 heterocycles. The molecule has 0 spiro atoms. The fourth-order valence-corrected chi connectivity index (χ4v) is 3.01. The van der Waals surface area contributed by atoms with Crippen molar-refractivity contribution in [2.24, 2.45) is 11.1 Å². The lowest BCUT2D eigenvalue weighted by atomic mass is 9.78. The summed E-state index contributed by atoms with van der Waals surface area (Å²) in [6.07, 6.45) is 6.16. The standard InChI is InChI=1S/C16H25NO/c1-16(10-3-4-11-16)15(17)14-7-5-13(6-8-14)9-12-18-2/h5-8,15H,3-4,9-12,17H2,1-2H3. The first-order valence-electron chi connectivity index (χ1n) is 6.99. The summed E-state index contributed by atoms with van der Waals surface area (Å²) in [6, 6.07) is 8.94. The van der Waals surface area contributed by atoms with E-state index in [0.717, 1.165) is 13.0 Å². The molecule has 1 saturated carbocycles. The predicted octanol–water partition coefficient (Wildman–Crippen LogP) is 3.46. The third-order valence-corrected chi connectivity index (χ3v) is 4.43. The van der Waals surface area contributed by atoms with E-state index in [1.165, 1.54) is 36.8 Å². The molecule has 2 nitrogen and oxygen atoms in total. The maximum atomic E-state index is 6.46. The van der Waals surface area contributed by atoms with E-state index in [0.29, 0.717) is 5.41 Å². The summed E-state index contributed by atoms with van der Waals surface area (Å²) in [4.78, 5) is 0. The molecule has 2 rings (SSSR count). The van der Waals surface area contributed by atoms with E-state index in [2.05, 4.69) is 31.2 Å². The van der Waals surface area contributed by atoms with E-state index >= 15 is 0 Å². The van der Waals surface area contributed by atoms with Gasteiger partial charge in [0.1, 0.15) is 0 Å². The minimum Gasteiger partial charge on any atom is -0.384 e. The van der Waals surface area contributed by atoms with Crippen molar-refractivity contribution < 1.29 is 4.74 Å².